The second-order valence-electron chi connectivity index (χ2n) is 6.28. The average Bonchev–Trinajstić information content (AvgIpc) is 2.70. The maximum Gasteiger partial charge on any atom is 0.326 e. The summed E-state index contributed by atoms with van der Waals surface area (Å²) in [7, 11) is 0. The first-order chi connectivity index (χ1) is 14.1. The van der Waals surface area contributed by atoms with E-state index in [0.29, 0.717) is 5.75 Å². The van der Waals surface area contributed by atoms with E-state index in [-0.39, 0.29) is 30.8 Å². The number of hydrogen-bond donors (Lipinski definition) is 8. The van der Waals surface area contributed by atoms with Crippen molar-refractivity contribution in [3.63, 3.8) is 0 Å². The second kappa shape index (κ2) is 15.2. The number of rotatable bonds is 15. The maximum absolute atomic E-state index is 12.6. The lowest BCUT2D eigenvalue weighted by atomic mass is 10.1. The first-order valence-corrected chi connectivity index (χ1v) is 11.6. The summed E-state index contributed by atoms with van der Waals surface area (Å²) in [5.74, 6) is -3.50. The van der Waals surface area contributed by atoms with Crippen molar-refractivity contribution in [2.75, 3.05) is 23.5 Å². The zero-order chi connectivity index (χ0) is 23.3. The molecular formula is C16H29N5O6S3. The minimum atomic E-state index is -1.34. The number of nitrogens with one attached hydrogen (secondary N) is 3. The molecule has 0 rings (SSSR count). The van der Waals surface area contributed by atoms with Crippen LogP contribution in [0.25, 0.3) is 0 Å². The Morgan fingerprint density at radius 2 is 1.43 bits per heavy atom. The number of primary amides is 1. The molecule has 4 unspecified atom stereocenters. The molecule has 30 heavy (non-hydrogen) atoms. The summed E-state index contributed by atoms with van der Waals surface area (Å²) in [6, 6.07) is -4.37. The maximum atomic E-state index is 12.6. The van der Waals surface area contributed by atoms with Gasteiger partial charge in [-0.25, -0.2) is 4.79 Å². The molecule has 8 N–H and O–H groups in total. The Bertz CT molecular complexity index is 624. The number of carboxylic acids is 1. The third kappa shape index (κ3) is 10.9. The third-order valence-electron chi connectivity index (χ3n) is 3.89. The molecule has 11 nitrogen and oxygen atoms in total. The molecule has 0 aliphatic rings. The van der Waals surface area contributed by atoms with E-state index in [1.54, 1.807) is 6.26 Å². The lowest BCUT2D eigenvalue weighted by molar-refractivity contribution is -0.142. The minimum absolute atomic E-state index is 0.0515. The molecule has 0 bridgehead atoms. The Hall–Kier alpha value is -1.64. The highest BCUT2D eigenvalue weighted by Gasteiger charge is 2.29. The Morgan fingerprint density at radius 1 is 0.900 bits per heavy atom. The largest absolute Gasteiger partial charge is 0.480 e. The molecule has 172 valence electrons. The Balaban J connectivity index is 5.20. The Kier molecular flexibility index (Phi) is 14.4. The summed E-state index contributed by atoms with van der Waals surface area (Å²) in [4.78, 5) is 59.3. The van der Waals surface area contributed by atoms with Gasteiger partial charge in [0.15, 0.2) is 0 Å². The molecule has 0 fully saturated rings. The summed E-state index contributed by atoms with van der Waals surface area (Å²) in [5, 5.41) is 16.5. The van der Waals surface area contributed by atoms with Crippen molar-refractivity contribution in [1.29, 1.82) is 0 Å². The van der Waals surface area contributed by atoms with Crippen molar-refractivity contribution < 1.29 is 29.1 Å². The highest BCUT2D eigenvalue weighted by Crippen LogP contribution is 2.05. The summed E-state index contributed by atoms with van der Waals surface area (Å²) in [5.41, 5.74) is 10.6. The van der Waals surface area contributed by atoms with Gasteiger partial charge < -0.3 is 32.5 Å². The van der Waals surface area contributed by atoms with Gasteiger partial charge in [0.25, 0.3) is 0 Å². The van der Waals surface area contributed by atoms with Gasteiger partial charge >= 0.3 is 5.97 Å². The normalized spacial score (nSPS) is 14.7. The van der Waals surface area contributed by atoms with Crippen LogP contribution in [0.1, 0.15) is 19.3 Å². The van der Waals surface area contributed by atoms with E-state index in [9.17, 15) is 29.1 Å². The van der Waals surface area contributed by atoms with Crippen molar-refractivity contribution in [2.45, 2.75) is 43.4 Å². The number of carbonyl (C=O) groups excluding carboxylic acids is 4. The van der Waals surface area contributed by atoms with Gasteiger partial charge in [0.1, 0.15) is 18.1 Å². The Labute approximate surface area is 190 Å². The molecule has 0 aliphatic heterocycles. The van der Waals surface area contributed by atoms with Gasteiger partial charge in [-0.2, -0.15) is 37.0 Å². The highest BCUT2D eigenvalue weighted by atomic mass is 32.2. The monoisotopic (exact) mass is 483 g/mol. The molecule has 14 heteroatoms. The lowest BCUT2D eigenvalue weighted by Gasteiger charge is -2.24. The van der Waals surface area contributed by atoms with E-state index >= 15 is 0 Å². The fourth-order valence-corrected chi connectivity index (χ4v) is 3.04. The first kappa shape index (κ1) is 28.4. The van der Waals surface area contributed by atoms with Crippen LogP contribution in [0.4, 0.5) is 0 Å². The van der Waals surface area contributed by atoms with Crippen LogP contribution in [0.15, 0.2) is 0 Å². The van der Waals surface area contributed by atoms with Gasteiger partial charge in [-0.15, -0.1) is 0 Å². The smallest absolute Gasteiger partial charge is 0.326 e. The number of carbonyl (C=O) groups is 5. The van der Waals surface area contributed by atoms with Crippen molar-refractivity contribution in [2.24, 2.45) is 11.5 Å². The summed E-state index contributed by atoms with van der Waals surface area (Å²) in [6.45, 7) is 0. The van der Waals surface area contributed by atoms with Gasteiger partial charge in [0.05, 0.1) is 6.04 Å². The number of nitrogens with two attached hydrogens (primary N) is 2. The highest BCUT2D eigenvalue weighted by molar-refractivity contribution is 7.98. The van der Waals surface area contributed by atoms with Crippen molar-refractivity contribution >= 4 is 66.6 Å². The number of amides is 4. The standard InChI is InChI=1S/C16H29N5O6S3/c1-30-5-4-9(14(24)20-10(16(26)27)2-3-12(18)22)19-15(25)11(7-29)21-13(23)8(17)6-28/h8-11,28-29H,2-7,17H2,1H3,(H2,18,22)(H,19,25)(H,20,24)(H,21,23)(H,26,27). The van der Waals surface area contributed by atoms with E-state index in [1.165, 1.54) is 11.8 Å². The van der Waals surface area contributed by atoms with E-state index in [0.717, 1.165) is 0 Å². The van der Waals surface area contributed by atoms with Crippen molar-refractivity contribution in [3.8, 4) is 0 Å². The van der Waals surface area contributed by atoms with Crippen LogP contribution in [0, 0.1) is 0 Å². The molecule has 0 saturated carbocycles. The molecule has 4 atom stereocenters. The second-order valence-corrected chi connectivity index (χ2v) is 8.00. The van der Waals surface area contributed by atoms with Crippen LogP contribution in [0.5, 0.6) is 0 Å². The zero-order valence-corrected chi connectivity index (χ0v) is 19.1. The molecule has 0 aromatic carbocycles. The third-order valence-corrected chi connectivity index (χ3v) is 5.29. The Morgan fingerprint density at radius 3 is 1.90 bits per heavy atom. The quantitative estimate of drug-likeness (QED) is 0.119. The van der Waals surface area contributed by atoms with Crippen LogP contribution < -0.4 is 27.4 Å². The lowest BCUT2D eigenvalue weighted by Crippen LogP contribution is -2.58. The fourth-order valence-electron chi connectivity index (χ4n) is 2.15. The molecule has 0 spiro atoms. The molecule has 0 aromatic heterocycles. The number of thioether (sulfide) groups is 1. The fraction of sp³-hybridized carbons (Fsp3) is 0.688. The molecule has 0 saturated heterocycles. The summed E-state index contributed by atoms with van der Waals surface area (Å²) in [6.07, 6.45) is 1.61. The number of carboxylic acid groups (broad SMARTS) is 1. The van der Waals surface area contributed by atoms with Gasteiger partial charge in [-0.1, -0.05) is 0 Å². The molecule has 0 radical (unpaired) electrons. The summed E-state index contributed by atoms with van der Waals surface area (Å²) >= 11 is 9.39. The van der Waals surface area contributed by atoms with Crippen LogP contribution in [0.3, 0.4) is 0 Å². The van der Waals surface area contributed by atoms with Gasteiger partial charge in [0, 0.05) is 17.9 Å². The van der Waals surface area contributed by atoms with E-state index in [2.05, 4.69) is 41.2 Å². The van der Waals surface area contributed by atoms with Gasteiger partial charge in [0.2, 0.25) is 23.6 Å². The van der Waals surface area contributed by atoms with E-state index in [1.807, 2.05) is 0 Å². The topological polar surface area (TPSA) is 194 Å². The number of aliphatic carboxylic acids is 1. The predicted molar refractivity (Wildman–Crippen MR) is 121 cm³/mol. The van der Waals surface area contributed by atoms with E-state index < -0.39 is 53.8 Å². The van der Waals surface area contributed by atoms with Crippen LogP contribution in [0.2, 0.25) is 0 Å². The van der Waals surface area contributed by atoms with Crippen LogP contribution in [-0.2, 0) is 24.0 Å². The molecular weight excluding hydrogens is 454 g/mol. The number of thiol groups is 2. The van der Waals surface area contributed by atoms with Crippen molar-refractivity contribution in [3.05, 3.63) is 0 Å². The average molecular weight is 484 g/mol. The SMILES string of the molecule is CSCCC(NC(=O)C(CS)NC(=O)C(N)CS)C(=O)NC(CCC(N)=O)C(=O)O. The molecule has 0 aromatic rings. The number of hydrogen-bond acceptors (Lipinski definition) is 9. The minimum Gasteiger partial charge on any atom is -0.480 e. The molecule has 0 aliphatic carbocycles. The van der Waals surface area contributed by atoms with E-state index in [4.69, 9.17) is 11.5 Å². The van der Waals surface area contributed by atoms with Crippen LogP contribution in [-0.4, -0.2) is 82.4 Å². The molecule has 0 heterocycles. The molecule has 4 amide bonds. The zero-order valence-electron chi connectivity index (χ0n) is 16.5. The van der Waals surface area contributed by atoms with Gasteiger partial charge in [-0.3, -0.25) is 19.2 Å². The van der Waals surface area contributed by atoms with Gasteiger partial charge in [-0.05, 0) is 24.9 Å². The predicted octanol–water partition coefficient (Wildman–Crippen LogP) is -2.27. The van der Waals surface area contributed by atoms with Crippen molar-refractivity contribution in [1.82, 2.24) is 16.0 Å². The van der Waals surface area contributed by atoms with Crippen LogP contribution >= 0.6 is 37.0 Å². The first-order valence-electron chi connectivity index (χ1n) is 8.95. The summed E-state index contributed by atoms with van der Waals surface area (Å²) < 4.78 is 0.